The van der Waals surface area contributed by atoms with Gasteiger partial charge in [0.05, 0.1) is 6.21 Å². The number of nitrogens with one attached hydrogen (secondary N) is 1. The van der Waals surface area contributed by atoms with E-state index in [9.17, 15) is 4.79 Å². The van der Waals surface area contributed by atoms with Crippen molar-refractivity contribution >= 4 is 12.1 Å². The van der Waals surface area contributed by atoms with Crippen LogP contribution in [-0.4, -0.2) is 12.1 Å². The van der Waals surface area contributed by atoms with Gasteiger partial charge >= 0.3 is 0 Å². The highest BCUT2D eigenvalue weighted by Gasteiger charge is 2.54. The van der Waals surface area contributed by atoms with Gasteiger partial charge in [0.1, 0.15) is 11.5 Å². The molecule has 4 nitrogen and oxygen atoms in total. The predicted molar refractivity (Wildman–Crippen MR) is 97.6 cm³/mol. The maximum atomic E-state index is 12.2. The monoisotopic (exact) mass is 334 g/mol. The Morgan fingerprint density at radius 1 is 0.960 bits per heavy atom. The molecule has 2 aliphatic rings. The Labute approximate surface area is 147 Å². The summed E-state index contributed by atoms with van der Waals surface area (Å²) in [7, 11) is 0. The highest BCUT2D eigenvalue weighted by Crippen LogP contribution is 2.55. The zero-order valence-corrected chi connectivity index (χ0v) is 14.1. The summed E-state index contributed by atoms with van der Waals surface area (Å²) in [6, 6.07) is 17.3. The van der Waals surface area contributed by atoms with E-state index in [0.29, 0.717) is 11.8 Å². The summed E-state index contributed by atoms with van der Waals surface area (Å²) >= 11 is 0. The summed E-state index contributed by atoms with van der Waals surface area (Å²) in [4.78, 5) is 12.2. The molecule has 2 aliphatic carbocycles. The van der Waals surface area contributed by atoms with Gasteiger partial charge in [-0.05, 0) is 66.6 Å². The molecular formula is C21H22N2O2. The summed E-state index contributed by atoms with van der Waals surface area (Å²) in [6.07, 6.45) is 6.62. The van der Waals surface area contributed by atoms with Crippen molar-refractivity contribution in [2.45, 2.75) is 25.7 Å². The number of amides is 1. The van der Waals surface area contributed by atoms with Crippen LogP contribution in [0.3, 0.4) is 0 Å². The van der Waals surface area contributed by atoms with Crippen LogP contribution in [0.5, 0.6) is 11.5 Å². The Balaban J connectivity index is 1.29. The van der Waals surface area contributed by atoms with Crippen molar-refractivity contribution in [2.75, 3.05) is 0 Å². The van der Waals surface area contributed by atoms with Gasteiger partial charge in [-0.3, -0.25) is 4.79 Å². The maximum absolute atomic E-state index is 12.2. The third-order valence-electron chi connectivity index (χ3n) is 5.21. The number of hydrazone groups is 1. The summed E-state index contributed by atoms with van der Waals surface area (Å²) in [6.45, 7) is 0. The zero-order valence-electron chi connectivity index (χ0n) is 14.1. The number of hydrogen-bond donors (Lipinski definition) is 1. The second-order valence-electron chi connectivity index (χ2n) is 6.86. The second kappa shape index (κ2) is 7.09. The van der Waals surface area contributed by atoms with Gasteiger partial charge in [-0.25, -0.2) is 5.43 Å². The molecule has 2 unspecified atom stereocenters. The Kier molecular flexibility index (Phi) is 4.51. The standard InChI is InChI=1S/C21H22N2O2/c24-21(20-18-8-4-5-9-19(18)20)23-22-14-15-10-12-17(13-11-15)25-16-6-2-1-3-7-16/h1-3,6-7,10-14,18-20H,4-5,8-9H2,(H,23,24). The molecule has 1 N–H and O–H groups in total. The first-order chi connectivity index (χ1) is 12.3. The van der Waals surface area contributed by atoms with Crippen molar-refractivity contribution in [2.24, 2.45) is 22.9 Å². The van der Waals surface area contributed by atoms with Crippen molar-refractivity contribution in [3.05, 3.63) is 60.2 Å². The molecule has 1 amide bonds. The molecular weight excluding hydrogens is 312 g/mol. The van der Waals surface area contributed by atoms with Crippen LogP contribution in [0.15, 0.2) is 59.7 Å². The average Bonchev–Trinajstić information content (AvgIpc) is 3.38. The summed E-state index contributed by atoms with van der Waals surface area (Å²) in [5.74, 6) is 3.08. The van der Waals surface area contributed by atoms with Crippen LogP contribution in [0.1, 0.15) is 31.2 Å². The van der Waals surface area contributed by atoms with E-state index in [1.54, 1.807) is 6.21 Å². The molecule has 2 aromatic carbocycles. The van der Waals surface area contributed by atoms with Gasteiger partial charge in [0.15, 0.2) is 0 Å². The highest BCUT2D eigenvalue weighted by atomic mass is 16.5. The Morgan fingerprint density at radius 2 is 1.60 bits per heavy atom. The molecule has 0 aromatic heterocycles. The SMILES string of the molecule is O=C(NN=Cc1ccc(Oc2ccccc2)cc1)C1C2CCCCC21. The fourth-order valence-electron chi connectivity index (χ4n) is 3.87. The van der Waals surface area contributed by atoms with Crippen LogP contribution in [0.2, 0.25) is 0 Å². The van der Waals surface area contributed by atoms with Crippen molar-refractivity contribution in [1.82, 2.24) is 5.43 Å². The quantitative estimate of drug-likeness (QED) is 0.652. The third-order valence-corrected chi connectivity index (χ3v) is 5.21. The molecule has 128 valence electrons. The molecule has 4 heteroatoms. The summed E-state index contributed by atoms with van der Waals surface area (Å²) < 4.78 is 5.76. The van der Waals surface area contributed by atoms with E-state index in [0.717, 1.165) is 17.1 Å². The van der Waals surface area contributed by atoms with E-state index < -0.39 is 0 Å². The van der Waals surface area contributed by atoms with Crippen LogP contribution in [0.4, 0.5) is 0 Å². The lowest BCUT2D eigenvalue weighted by Gasteiger charge is -2.05. The summed E-state index contributed by atoms with van der Waals surface area (Å²) in [5, 5.41) is 4.11. The Hall–Kier alpha value is -2.62. The number of benzene rings is 2. The van der Waals surface area contributed by atoms with Crippen LogP contribution in [0.25, 0.3) is 0 Å². The van der Waals surface area contributed by atoms with E-state index in [4.69, 9.17) is 4.74 Å². The lowest BCUT2D eigenvalue weighted by molar-refractivity contribution is -0.122. The van der Waals surface area contributed by atoms with E-state index in [2.05, 4.69) is 10.5 Å². The van der Waals surface area contributed by atoms with Gasteiger partial charge in [0.2, 0.25) is 5.91 Å². The largest absolute Gasteiger partial charge is 0.457 e. The van der Waals surface area contributed by atoms with E-state index in [-0.39, 0.29) is 11.8 Å². The first-order valence-electron chi connectivity index (χ1n) is 8.97. The minimum absolute atomic E-state index is 0.0807. The number of nitrogens with zero attached hydrogens (tertiary/aromatic N) is 1. The Bertz CT molecular complexity index is 743. The number of ether oxygens (including phenoxy) is 1. The normalized spacial score (nSPS) is 24.6. The number of carbonyl (C=O) groups is 1. The van der Waals surface area contributed by atoms with Gasteiger partial charge < -0.3 is 4.74 Å². The van der Waals surface area contributed by atoms with E-state index >= 15 is 0 Å². The molecule has 25 heavy (non-hydrogen) atoms. The number of para-hydroxylation sites is 1. The molecule has 4 rings (SSSR count). The number of rotatable bonds is 5. The fourth-order valence-corrected chi connectivity index (χ4v) is 3.87. The maximum Gasteiger partial charge on any atom is 0.243 e. The first kappa shape index (κ1) is 15.9. The molecule has 0 bridgehead atoms. The molecule has 0 heterocycles. The molecule has 2 saturated carbocycles. The third kappa shape index (κ3) is 3.73. The van der Waals surface area contributed by atoms with Gasteiger partial charge in [-0.2, -0.15) is 5.10 Å². The lowest BCUT2D eigenvalue weighted by atomic mass is 10.0. The van der Waals surface area contributed by atoms with Gasteiger partial charge in [0, 0.05) is 5.92 Å². The fraction of sp³-hybridized carbons (Fsp3) is 0.333. The molecule has 0 saturated heterocycles. The number of carbonyl (C=O) groups excluding carboxylic acids is 1. The minimum Gasteiger partial charge on any atom is -0.457 e. The van der Waals surface area contributed by atoms with E-state index in [1.807, 2.05) is 54.6 Å². The highest BCUT2D eigenvalue weighted by molar-refractivity contribution is 5.85. The topological polar surface area (TPSA) is 50.7 Å². The van der Waals surface area contributed by atoms with Crippen molar-refractivity contribution in [1.29, 1.82) is 0 Å². The van der Waals surface area contributed by atoms with Crippen molar-refractivity contribution in [3.63, 3.8) is 0 Å². The van der Waals surface area contributed by atoms with Crippen LogP contribution in [-0.2, 0) is 4.79 Å². The molecule has 2 aromatic rings. The summed E-state index contributed by atoms with van der Waals surface area (Å²) in [5.41, 5.74) is 3.63. The van der Waals surface area contributed by atoms with Gasteiger partial charge in [0.25, 0.3) is 0 Å². The lowest BCUT2D eigenvalue weighted by Crippen LogP contribution is -2.20. The van der Waals surface area contributed by atoms with Crippen molar-refractivity contribution in [3.8, 4) is 11.5 Å². The van der Waals surface area contributed by atoms with Gasteiger partial charge in [-0.1, -0.05) is 31.0 Å². The number of hydrogen-bond acceptors (Lipinski definition) is 3. The molecule has 2 fully saturated rings. The average molecular weight is 334 g/mol. The van der Waals surface area contributed by atoms with Gasteiger partial charge in [-0.15, -0.1) is 0 Å². The van der Waals surface area contributed by atoms with Crippen LogP contribution < -0.4 is 10.2 Å². The molecule has 2 atom stereocenters. The first-order valence-corrected chi connectivity index (χ1v) is 8.97. The minimum atomic E-state index is 0.0807. The molecule has 0 radical (unpaired) electrons. The smallest absolute Gasteiger partial charge is 0.243 e. The van der Waals surface area contributed by atoms with E-state index in [1.165, 1.54) is 25.7 Å². The van der Waals surface area contributed by atoms with Crippen molar-refractivity contribution < 1.29 is 9.53 Å². The van der Waals surface area contributed by atoms with Crippen LogP contribution >= 0.6 is 0 Å². The zero-order chi connectivity index (χ0) is 17.1. The number of fused-ring (bicyclic) bond motifs is 1. The Morgan fingerprint density at radius 3 is 2.28 bits per heavy atom. The van der Waals surface area contributed by atoms with Crippen LogP contribution in [0, 0.1) is 17.8 Å². The molecule has 0 aliphatic heterocycles. The predicted octanol–water partition coefficient (Wildman–Crippen LogP) is 4.37. The second-order valence-corrected chi connectivity index (χ2v) is 6.86. The molecule has 0 spiro atoms.